The first kappa shape index (κ1) is 16.4. The number of rotatable bonds is 5. The summed E-state index contributed by atoms with van der Waals surface area (Å²) >= 11 is 0. The predicted octanol–water partition coefficient (Wildman–Crippen LogP) is 1.62. The molecule has 1 aliphatic rings. The van der Waals surface area contributed by atoms with Crippen molar-refractivity contribution >= 4 is 16.0 Å². The summed E-state index contributed by atoms with van der Waals surface area (Å²) in [4.78, 5) is 14.3. The number of benzene rings is 1. The van der Waals surface area contributed by atoms with Gasteiger partial charge >= 0.3 is 5.97 Å². The molecule has 1 aromatic heterocycles. The highest BCUT2D eigenvalue weighted by Gasteiger charge is 2.24. The molecule has 126 valence electrons. The van der Waals surface area contributed by atoms with Crippen molar-refractivity contribution < 1.29 is 23.1 Å². The maximum absolute atomic E-state index is 12.3. The number of carbonyl (C=O) groups is 1. The monoisotopic (exact) mass is 348 g/mol. The van der Waals surface area contributed by atoms with Gasteiger partial charge in [0, 0.05) is 18.7 Å². The Labute approximate surface area is 139 Å². The topological polar surface area (TPSA) is 106 Å². The number of sulfonamides is 1. The average Bonchev–Trinajstić information content (AvgIpc) is 2.60. The van der Waals surface area contributed by atoms with E-state index in [1.165, 1.54) is 12.1 Å². The van der Waals surface area contributed by atoms with Gasteiger partial charge in [0.15, 0.2) is 0 Å². The van der Waals surface area contributed by atoms with Crippen LogP contribution in [-0.2, 0) is 10.0 Å². The van der Waals surface area contributed by atoms with Gasteiger partial charge in [0.25, 0.3) is 0 Å². The van der Waals surface area contributed by atoms with Crippen LogP contribution in [0.2, 0.25) is 0 Å². The van der Waals surface area contributed by atoms with Gasteiger partial charge in [-0.3, -0.25) is 0 Å². The Morgan fingerprint density at radius 3 is 2.79 bits per heavy atom. The maximum Gasteiger partial charge on any atom is 0.354 e. The number of aromatic nitrogens is 1. The normalized spacial score (nSPS) is 16.9. The molecule has 2 heterocycles. The molecule has 0 radical (unpaired) electrons. The lowest BCUT2D eigenvalue weighted by Crippen LogP contribution is -2.31. The van der Waals surface area contributed by atoms with Crippen LogP contribution in [-0.4, -0.2) is 37.6 Å². The van der Waals surface area contributed by atoms with Crippen molar-refractivity contribution in [3.63, 3.8) is 0 Å². The summed E-state index contributed by atoms with van der Waals surface area (Å²) in [5, 5.41) is 8.81. The average molecular weight is 348 g/mol. The number of nitrogens with zero attached hydrogens (tertiary/aromatic N) is 1. The van der Waals surface area contributed by atoms with E-state index in [-0.39, 0.29) is 23.1 Å². The number of carboxylic acids is 1. The molecule has 0 spiro atoms. The Hall–Kier alpha value is -2.45. The lowest BCUT2D eigenvalue weighted by molar-refractivity contribution is 0.0690. The Bertz CT molecular complexity index is 849. The van der Waals surface area contributed by atoms with E-state index in [4.69, 9.17) is 9.84 Å². The third-order valence-electron chi connectivity index (χ3n) is 3.87. The number of aromatic carboxylic acids is 1. The predicted molar refractivity (Wildman–Crippen MR) is 85.7 cm³/mol. The number of pyridine rings is 1. The van der Waals surface area contributed by atoms with Crippen LogP contribution < -0.4 is 9.46 Å². The molecule has 24 heavy (non-hydrogen) atoms. The van der Waals surface area contributed by atoms with E-state index in [9.17, 15) is 13.2 Å². The van der Waals surface area contributed by atoms with E-state index in [0.717, 1.165) is 23.9 Å². The number of ether oxygens (including phenoxy) is 1. The van der Waals surface area contributed by atoms with E-state index in [1.54, 1.807) is 0 Å². The molecule has 1 atom stereocenters. The first-order valence-electron chi connectivity index (χ1n) is 7.38. The Morgan fingerprint density at radius 2 is 2.08 bits per heavy atom. The standard InChI is InChI=1S/C16H16N2O5S/c19-16(20)14-6-5-12(10-17-14)24(21,22)18-9-11-7-8-23-15-4-2-1-3-13(11)15/h1-6,10-11,18H,7-9H2,(H,19,20). The minimum atomic E-state index is -3.75. The second kappa shape index (κ2) is 6.58. The zero-order valence-electron chi connectivity index (χ0n) is 12.7. The highest BCUT2D eigenvalue weighted by Crippen LogP contribution is 2.32. The van der Waals surface area contributed by atoms with Crippen LogP contribution in [0.4, 0.5) is 0 Å². The van der Waals surface area contributed by atoms with Crippen molar-refractivity contribution in [1.29, 1.82) is 0 Å². The van der Waals surface area contributed by atoms with Crippen LogP contribution >= 0.6 is 0 Å². The molecule has 2 aromatic rings. The number of nitrogens with one attached hydrogen (secondary N) is 1. The van der Waals surface area contributed by atoms with Gasteiger partial charge in [-0.05, 0) is 30.2 Å². The molecule has 7 nitrogen and oxygen atoms in total. The molecule has 2 N–H and O–H groups in total. The van der Waals surface area contributed by atoms with Gasteiger partial charge < -0.3 is 9.84 Å². The van der Waals surface area contributed by atoms with E-state index in [0.29, 0.717) is 6.61 Å². The van der Waals surface area contributed by atoms with Crippen molar-refractivity contribution in [2.24, 2.45) is 0 Å². The van der Waals surface area contributed by atoms with Crippen LogP contribution in [0, 0.1) is 0 Å². The van der Waals surface area contributed by atoms with E-state index >= 15 is 0 Å². The Kier molecular flexibility index (Phi) is 4.50. The van der Waals surface area contributed by atoms with E-state index < -0.39 is 16.0 Å². The highest BCUT2D eigenvalue weighted by molar-refractivity contribution is 7.89. The number of para-hydroxylation sites is 1. The molecular formula is C16H16N2O5S. The molecule has 0 amide bonds. The summed E-state index contributed by atoms with van der Waals surface area (Å²) in [6.45, 7) is 0.779. The van der Waals surface area contributed by atoms with Gasteiger partial charge in [0.05, 0.1) is 6.61 Å². The molecule has 1 aromatic carbocycles. The molecule has 0 saturated carbocycles. The molecule has 1 aliphatic heterocycles. The van der Waals surface area contributed by atoms with Crippen molar-refractivity contribution in [3.05, 3.63) is 53.9 Å². The second-order valence-corrected chi connectivity index (χ2v) is 7.18. The number of carboxylic acid groups (broad SMARTS) is 1. The number of hydrogen-bond donors (Lipinski definition) is 2. The summed E-state index contributed by atoms with van der Waals surface area (Å²) in [5.41, 5.74) is 0.776. The first-order chi connectivity index (χ1) is 11.5. The van der Waals surface area contributed by atoms with Crippen molar-refractivity contribution in [1.82, 2.24) is 9.71 Å². The molecule has 8 heteroatoms. The SMILES string of the molecule is O=C(O)c1ccc(S(=O)(=O)NCC2CCOc3ccccc32)cn1. The van der Waals surface area contributed by atoms with Gasteiger partial charge in [-0.2, -0.15) is 0 Å². The maximum atomic E-state index is 12.3. The van der Waals surface area contributed by atoms with Gasteiger partial charge in [-0.1, -0.05) is 18.2 Å². The Morgan fingerprint density at radius 1 is 1.29 bits per heavy atom. The fourth-order valence-electron chi connectivity index (χ4n) is 2.59. The minimum Gasteiger partial charge on any atom is -0.493 e. The van der Waals surface area contributed by atoms with Crippen molar-refractivity contribution in [3.8, 4) is 5.75 Å². The van der Waals surface area contributed by atoms with Gasteiger partial charge in [0.2, 0.25) is 10.0 Å². The highest BCUT2D eigenvalue weighted by atomic mass is 32.2. The van der Waals surface area contributed by atoms with E-state index in [1.807, 2.05) is 24.3 Å². The smallest absolute Gasteiger partial charge is 0.354 e. The Balaban J connectivity index is 1.73. The third kappa shape index (κ3) is 3.39. The summed E-state index contributed by atoms with van der Waals surface area (Å²) in [5.74, 6) is -0.401. The largest absolute Gasteiger partial charge is 0.493 e. The molecule has 1 unspecified atom stereocenters. The molecule has 3 rings (SSSR count). The van der Waals surface area contributed by atoms with Crippen LogP contribution in [0.5, 0.6) is 5.75 Å². The second-order valence-electron chi connectivity index (χ2n) is 5.41. The lowest BCUT2D eigenvalue weighted by atomic mass is 9.93. The molecule has 0 bridgehead atoms. The fraction of sp³-hybridized carbons (Fsp3) is 0.250. The molecule has 0 saturated heterocycles. The van der Waals surface area contributed by atoms with Crippen LogP contribution in [0.25, 0.3) is 0 Å². The zero-order chi connectivity index (χ0) is 17.2. The molecular weight excluding hydrogens is 332 g/mol. The minimum absolute atomic E-state index is 0.0241. The number of hydrogen-bond acceptors (Lipinski definition) is 5. The fourth-order valence-corrected chi connectivity index (χ4v) is 3.61. The van der Waals surface area contributed by atoms with Crippen LogP contribution in [0.15, 0.2) is 47.5 Å². The lowest BCUT2D eigenvalue weighted by Gasteiger charge is -2.25. The summed E-state index contributed by atoms with van der Waals surface area (Å²) in [6, 6.07) is 9.96. The van der Waals surface area contributed by atoms with Gasteiger partial charge in [-0.15, -0.1) is 0 Å². The van der Waals surface area contributed by atoms with Crippen molar-refractivity contribution in [2.45, 2.75) is 17.2 Å². The molecule has 0 fully saturated rings. The number of fused-ring (bicyclic) bond motifs is 1. The van der Waals surface area contributed by atoms with E-state index in [2.05, 4.69) is 9.71 Å². The summed E-state index contributed by atoms with van der Waals surface area (Å²) in [7, 11) is -3.75. The molecule has 0 aliphatic carbocycles. The summed E-state index contributed by atoms with van der Waals surface area (Å²) < 4.78 is 32.8. The van der Waals surface area contributed by atoms with Gasteiger partial charge in [0.1, 0.15) is 16.3 Å². The van der Waals surface area contributed by atoms with Crippen LogP contribution in [0.3, 0.4) is 0 Å². The van der Waals surface area contributed by atoms with Crippen LogP contribution in [0.1, 0.15) is 28.4 Å². The zero-order valence-corrected chi connectivity index (χ0v) is 13.5. The first-order valence-corrected chi connectivity index (χ1v) is 8.86. The van der Waals surface area contributed by atoms with Crippen molar-refractivity contribution in [2.75, 3.05) is 13.2 Å². The quantitative estimate of drug-likeness (QED) is 0.851. The third-order valence-corrected chi connectivity index (χ3v) is 5.28. The summed E-state index contributed by atoms with van der Waals surface area (Å²) in [6.07, 6.45) is 1.76. The van der Waals surface area contributed by atoms with Gasteiger partial charge in [-0.25, -0.2) is 22.9 Å².